The highest BCUT2D eigenvalue weighted by Crippen LogP contribution is 2.21. The van der Waals surface area contributed by atoms with Crippen molar-refractivity contribution in [1.29, 1.82) is 0 Å². The van der Waals surface area contributed by atoms with Gasteiger partial charge >= 0.3 is 0 Å². The number of aliphatic hydroxyl groups excluding tert-OH is 1. The van der Waals surface area contributed by atoms with Gasteiger partial charge in [-0.05, 0) is 12.0 Å². The Hall–Kier alpha value is -2.67. The number of aliphatic hydroxyl groups is 1. The molecular weight excluding hydrogens is 292 g/mol. The minimum absolute atomic E-state index is 0.146. The second-order valence-corrected chi connectivity index (χ2v) is 5.24. The van der Waals surface area contributed by atoms with Gasteiger partial charge in [0.2, 0.25) is 5.95 Å². The van der Waals surface area contributed by atoms with E-state index in [1.54, 1.807) is 10.9 Å². The Morgan fingerprint density at radius 2 is 1.96 bits per heavy atom. The molecular formula is C16H20N6O. The average molecular weight is 312 g/mol. The molecule has 0 aliphatic carbocycles. The molecule has 23 heavy (non-hydrogen) atoms. The Morgan fingerprint density at radius 3 is 2.74 bits per heavy atom. The summed E-state index contributed by atoms with van der Waals surface area (Å²) in [6, 6.07) is 10.1. The number of aryl methyl sites for hydroxylation is 1. The largest absolute Gasteiger partial charge is 0.396 e. The van der Waals surface area contributed by atoms with Crippen molar-refractivity contribution in [3.05, 3.63) is 42.1 Å². The van der Waals surface area contributed by atoms with E-state index in [0.717, 1.165) is 22.4 Å². The minimum atomic E-state index is 0.146. The molecule has 3 aromatic rings. The van der Waals surface area contributed by atoms with Gasteiger partial charge in [-0.15, -0.1) is 0 Å². The zero-order valence-corrected chi connectivity index (χ0v) is 13.0. The van der Waals surface area contributed by atoms with E-state index in [1.165, 1.54) is 0 Å². The van der Waals surface area contributed by atoms with E-state index >= 15 is 0 Å². The highest BCUT2D eigenvalue weighted by Gasteiger charge is 2.11. The van der Waals surface area contributed by atoms with Crippen molar-refractivity contribution in [3.8, 4) is 0 Å². The third-order valence-corrected chi connectivity index (χ3v) is 3.51. The van der Waals surface area contributed by atoms with Crippen LogP contribution in [0.15, 0.2) is 36.5 Å². The molecule has 1 aromatic carbocycles. The van der Waals surface area contributed by atoms with Gasteiger partial charge in [-0.3, -0.25) is 4.68 Å². The summed E-state index contributed by atoms with van der Waals surface area (Å²) in [5.41, 5.74) is 1.93. The van der Waals surface area contributed by atoms with Crippen molar-refractivity contribution in [2.75, 3.05) is 23.8 Å². The maximum Gasteiger partial charge on any atom is 0.226 e. The lowest BCUT2D eigenvalue weighted by Crippen LogP contribution is -2.10. The molecule has 7 heteroatoms. The lowest BCUT2D eigenvalue weighted by atomic mass is 10.2. The van der Waals surface area contributed by atoms with Crippen molar-refractivity contribution in [1.82, 2.24) is 19.7 Å². The fourth-order valence-electron chi connectivity index (χ4n) is 2.30. The van der Waals surface area contributed by atoms with Gasteiger partial charge in [0, 0.05) is 26.7 Å². The van der Waals surface area contributed by atoms with E-state index in [4.69, 9.17) is 5.11 Å². The van der Waals surface area contributed by atoms with Crippen molar-refractivity contribution in [2.24, 2.45) is 7.05 Å². The van der Waals surface area contributed by atoms with Crippen LogP contribution >= 0.6 is 0 Å². The number of hydrogen-bond donors (Lipinski definition) is 3. The molecule has 0 spiro atoms. The molecule has 0 saturated heterocycles. The fourth-order valence-corrected chi connectivity index (χ4v) is 2.30. The molecule has 0 saturated carbocycles. The van der Waals surface area contributed by atoms with Gasteiger partial charge in [0.05, 0.1) is 11.6 Å². The first kappa shape index (κ1) is 15.2. The van der Waals surface area contributed by atoms with Crippen molar-refractivity contribution in [3.63, 3.8) is 0 Å². The van der Waals surface area contributed by atoms with Gasteiger partial charge in [0.1, 0.15) is 5.82 Å². The Labute approximate surface area is 134 Å². The van der Waals surface area contributed by atoms with Gasteiger partial charge in [0.15, 0.2) is 5.65 Å². The van der Waals surface area contributed by atoms with Gasteiger partial charge in [-0.2, -0.15) is 15.1 Å². The highest BCUT2D eigenvalue weighted by atomic mass is 16.3. The average Bonchev–Trinajstić information content (AvgIpc) is 2.96. The molecule has 3 N–H and O–H groups in total. The Bertz CT molecular complexity index is 771. The third kappa shape index (κ3) is 3.57. The van der Waals surface area contributed by atoms with Crippen molar-refractivity contribution >= 4 is 22.8 Å². The maximum atomic E-state index is 8.92. The summed E-state index contributed by atoms with van der Waals surface area (Å²) in [6.45, 7) is 1.45. The van der Waals surface area contributed by atoms with Crippen molar-refractivity contribution in [2.45, 2.75) is 13.0 Å². The number of anilines is 2. The van der Waals surface area contributed by atoms with Gasteiger partial charge in [0.25, 0.3) is 0 Å². The summed E-state index contributed by atoms with van der Waals surface area (Å²) in [5, 5.41) is 20.5. The topological polar surface area (TPSA) is 87.9 Å². The smallest absolute Gasteiger partial charge is 0.226 e. The first-order chi connectivity index (χ1) is 11.3. The summed E-state index contributed by atoms with van der Waals surface area (Å²) >= 11 is 0. The highest BCUT2D eigenvalue weighted by molar-refractivity contribution is 5.87. The monoisotopic (exact) mass is 312 g/mol. The van der Waals surface area contributed by atoms with Crippen LogP contribution in [0, 0.1) is 0 Å². The molecule has 7 nitrogen and oxygen atoms in total. The molecule has 0 atom stereocenters. The van der Waals surface area contributed by atoms with E-state index in [-0.39, 0.29) is 6.61 Å². The molecule has 2 heterocycles. The van der Waals surface area contributed by atoms with Crippen molar-refractivity contribution < 1.29 is 5.11 Å². The first-order valence-electron chi connectivity index (χ1n) is 7.60. The summed E-state index contributed by atoms with van der Waals surface area (Å²) in [5.74, 6) is 1.28. The molecule has 0 radical (unpaired) electrons. The number of nitrogens with one attached hydrogen (secondary N) is 2. The Balaban J connectivity index is 1.83. The molecule has 0 aliphatic heterocycles. The van der Waals surface area contributed by atoms with Crippen LogP contribution in [-0.4, -0.2) is 38.0 Å². The maximum absolute atomic E-state index is 8.92. The molecule has 120 valence electrons. The quantitative estimate of drug-likeness (QED) is 0.576. The zero-order valence-electron chi connectivity index (χ0n) is 13.0. The van der Waals surface area contributed by atoms with E-state index < -0.39 is 0 Å². The predicted molar refractivity (Wildman–Crippen MR) is 90.3 cm³/mol. The van der Waals surface area contributed by atoms with Gasteiger partial charge in [-0.1, -0.05) is 30.3 Å². The van der Waals surface area contributed by atoms with E-state index in [2.05, 4.69) is 37.8 Å². The predicted octanol–water partition coefficient (Wildman–Crippen LogP) is 1.77. The Kier molecular flexibility index (Phi) is 4.68. The molecule has 0 unspecified atom stereocenters. The standard InChI is InChI=1S/C16H20N6O/c1-22-15-13(11-19-22)14(17-8-5-9-23)20-16(21-15)18-10-12-6-3-2-4-7-12/h2-4,6-7,11,23H,5,8-10H2,1H3,(H2,17,18,20,21). The van der Waals surface area contributed by atoms with Crippen LogP contribution in [0.25, 0.3) is 11.0 Å². The minimum Gasteiger partial charge on any atom is -0.396 e. The molecule has 0 aliphatic rings. The lowest BCUT2D eigenvalue weighted by Gasteiger charge is -2.10. The lowest BCUT2D eigenvalue weighted by molar-refractivity contribution is 0.292. The van der Waals surface area contributed by atoms with Crippen LogP contribution in [0.5, 0.6) is 0 Å². The van der Waals surface area contributed by atoms with E-state index in [0.29, 0.717) is 25.5 Å². The van der Waals surface area contributed by atoms with Crippen LogP contribution in [-0.2, 0) is 13.6 Å². The number of hydrogen-bond acceptors (Lipinski definition) is 6. The van der Waals surface area contributed by atoms with E-state index in [1.807, 2.05) is 25.2 Å². The third-order valence-electron chi connectivity index (χ3n) is 3.51. The van der Waals surface area contributed by atoms with Crippen LogP contribution in [0.2, 0.25) is 0 Å². The van der Waals surface area contributed by atoms with E-state index in [9.17, 15) is 0 Å². The van der Waals surface area contributed by atoms with Crippen LogP contribution < -0.4 is 10.6 Å². The molecule has 0 amide bonds. The summed E-state index contributed by atoms with van der Waals surface area (Å²) in [7, 11) is 1.85. The first-order valence-corrected chi connectivity index (χ1v) is 7.60. The fraction of sp³-hybridized carbons (Fsp3) is 0.312. The zero-order chi connectivity index (χ0) is 16.1. The number of aromatic nitrogens is 4. The second-order valence-electron chi connectivity index (χ2n) is 5.24. The SMILES string of the molecule is Cn1ncc2c(NCCCO)nc(NCc3ccccc3)nc21. The summed E-state index contributed by atoms with van der Waals surface area (Å²) < 4.78 is 1.72. The molecule has 3 rings (SSSR count). The number of fused-ring (bicyclic) bond motifs is 1. The number of rotatable bonds is 7. The van der Waals surface area contributed by atoms with Crippen LogP contribution in [0.1, 0.15) is 12.0 Å². The van der Waals surface area contributed by atoms with Gasteiger partial charge in [-0.25, -0.2) is 0 Å². The number of nitrogens with zero attached hydrogens (tertiary/aromatic N) is 4. The number of benzene rings is 1. The van der Waals surface area contributed by atoms with Gasteiger partial charge < -0.3 is 15.7 Å². The summed E-state index contributed by atoms with van der Waals surface area (Å²) in [4.78, 5) is 9.06. The van der Waals surface area contributed by atoms with Crippen LogP contribution in [0.3, 0.4) is 0 Å². The Morgan fingerprint density at radius 1 is 1.13 bits per heavy atom. The molecule has 0 fully saturated rings. The van der Waals surface area contributed by atoms with Crippen LogP contribution in [0.4, 0.5) is 11.8 Å². The molecule has 0 bridgehead atoms. The second kappa shape index (κ2) is 7.06. The normalized spacial score (nSPS) is 10.9. The molecule has 2 aromatic heterocycles. The summed E-state index contributed by atoms with van der Waals surface area (Å²) in [6.07, 6.45) is 2.41.